The molecule has 4 aromatic rings. The Morgan fingerprint density at radius 1 is 0.935 bits per heavy atom. The summed E-state index contributed by atoms with van der Waals surface area (Å²) in [7, 11) is 0. The molecule has 0 aliphatic carbocycles. The molecule has 4 rings (SSSR count). The number of thioether (sulfide) groups is 2. The minimum absolute atomic E-state index is 0.000102. The van der Waals surface area contributed by atoms with Crippen LogP contribution in [0.4, 0.5) is 0 Å². The van der Waals surface area contributed by atoms with E-state index in [1.807, 2.05) is 18.2 Å². The molecule has 0 radical (unpaired) electrons. The van der Waals surface area contributed by atoms with Crippen molar-refractivity contribution in [3.05, 3.63) is 80.6 Å². The lowest BCUT2D eigenvalue weighted by molar-refractivity contribution is 0.101. The molecule has 2 aromatic carbocycles. The molecule has 0 N–H and O–H groups in total. The maximum absolute atomic E-state index is 12.5. The number of Topliss-reactive ketones (excluding diaryl/α,β-unsaturated/α-hetero) is 2. The third-order valence-electron chi connectivity index (χ3n) is 4.15. The molecule has 31 heavy (non-hydrogen) atoms. The second-order valence-electron chi connectivity index (χ2n) is 6.25. The molecule has 2 heterocycles. The number of carbonyl (C=O) groups is 2. The lowest BCUT2D eigenvalue weighted by Gasteiger charge is -2.00. The number of rotatable bonds is 8. The monoisotopic (exact) mass is 532 g/mol. The average Bonchev–Trinajstić information content (AvgIpc) is 3.23. The zero-order valence-electron chi connectivity index (χ0n) is 15.7. The SMILES string of the molecule is O=C(CSc1nnc(SCC(=O)c2cc3ccccc3oc2=O)s1)c1ccc(Br)cc1. The zero-order valence-corrected chi connectivity index (χ0v) is 19.8. The number of aromatic nitrogens is 2. The van der Waals surface area contributed by atoms with Gasteiger partial charge in [-0.05, 0) is 24.3 Å². The van der Waals surface area contributed by atoms with Gasteiger partial charge in [0.15, 0.2) is 20.2 Å². The number of halogens is 1. The van der Waals surface area contributed by atoms with Crippen molar-refractivity contribution in [1.82, 2.24) is 10.2 Å². The molecule has 0 saturated heterocycles. The van der Waals surface area contributed by atoms with Crippen LogP contribution in [0.2, 0.25) is 0 Å². The van der Waals surface area contributed by atoms with Crippen molar-refractivity contribution in [3.63, 3.8) is 0 Å². The minimum atomic E-state index is -0.649. The van der Waals surface area contributed by atoms with Crippen molar-refractivity contribution < 1.29 is 14.0 Å². The van der Waals surface area contributed by atoms with Crippen molar-refractivity contribution >= 4 is 73.3 Å². The topological polar surface area (TPSA) is 90.1 Å². The molecule has 0 saturated carbocycles. The molecule has 0 amide bonds. The highest BCUT2D eigenvalue weighted by Crippen LogP contribution is 2.29. The van der Waals surface area contributed by atoms with Gasteiger partial charge in [-0.15, -0.1) is 10.2 Å². The standard InChI is InChI=1S/C21H13BrN2O4S3/c22-14-7-5-12(6-8-14)16(25)10-29-20-23-24-21(31-20)30-11-17(26)15-9-13-3-1-2-4-18(13)28-19(15)27/h1-9H,10-11H2. The summed E-state index contributed by atoms with van der Waals surface area (Å²) >= 11 is 7.16. The van der Waals surface area contributed by atoms with Crippen molar-refractivity contribution in [2.45, 2.75) is 8.68 Å². The molecule has 0 bridgehead atoms. The molecule has 0 fully saturated rings. The highest BCUT2D eigenvalue weighted by atomic mass is 79.9. The van der Waals surface area contributed by atoms with Crippen LogP contribution >= 0.6 is 50.8 Å². The van der Waals surface area contributed by atoms with Gasteiger partial charge in [0.1, 0.15) is 11.1 Å². The highest BCUT2D eigenvalue weighted by molar-refractivity contribution is 9.10. The van der Waals surface area contributed by atoms with Crippen molar-refractivity contribution in [3.8, 4) is 0 Å². The van der Waals surface area contributed by atoms with E-state index in [0.29, 0.717) is 25.2 Å². The van der Waals surface area contributed by atoms with Crippen LogP contribution in [0, 0.1) is 0 Å². The number of para-hydroxylation sites is 1. The number of benzene rings is 2. The van der Waals surface area contributed by atoms with E-state index >= 15 is 0 Å². The summed E-state index contributed by atoms with van der Waals surface area (Å²) in [4.78, 5) is 36.9. The molecule has 2 aromatic heterocycles. The molecule has 10 heteroatoms. The fraction of sp³-hybridized carbons (Fsp3) is 0.0952. The Kier molecular flexibility index (Phi) is 7.01. The summed E-state index contributed by atoms with van der Waals surface area (Å²) in [6.07, 6.45) is 0. The lowest BCUT2D eigenvalue weighted by atomic mass is 10.1. The van der Waals surface area contributed by atoms with Crippen LogP contribution < -0.4 is 5.63 Å². The summed E-state index contributed by atoms with van der Waals surface area (Å²) in [5.74, 6) is -0.0440. The van der Waals surface area contributed by atoms with E-state index in [1.54, 1.807) is 36.4 Å². The summed E-state index contributed by atoms with van der Waals surface area (Å²) in [6, 6.07) is 15.8. The van der Waals surface area contributed by atoms with E-state index in [2.05, 4.69) is 26.1 Å². The zero-order chi connectivity index (χ0) is 21.8. The van der Waals surface area contributed by atoms with Gasteiger partial charge in [-0.25, -0.2) is 4.79 Å². The van der Waals surface area contributed by atoms with Gasteiger partial charge in [-0.1, -0.05) is 81.1 Å². The third kappa shape index (κ3) is 5.51. The summed E-state index contributed by atoms with van der Waals surface area (Å²) in [5, 5.41) is 8.82. The van der Waals surface area contributed by atoms with Gasteiger partial charge in [0.05, 0.1) is 11.5 Å². The Morgan fingerprint density at radius 2 is 1.58 bits per heavy atom. The Hall–Kier alpha value is -2.27. The number of nitrogens with zero attached hydrogens (tertiary/aromatic N) is 2. The van der Waals surface area contributed by atoms with Crippen molar-refractivity contribution in [1.29, 1.82) is 0 Å². The van der Waals surface area contributed by atoms with Gasteiger partial charge in [0, 0.05) is 15.4 Å². The fourth-order valence-corrected chi connectivity index (χ4v) is 5.68. The minimum Gasteiger partial charge on any atom is -0.422 e. The first kappa shape index (κ1) is 21.9. The molecule has 0 unspecified atom stereocenters. The average molecular weight is 533 g/mol. The summed E-state index contributed by atoms with van der Waals surface area (Å²) in [6.45, 7) is 0. The first-order chi connectivity index (χ1) is 15.0. The van der Waals surface area contributed by atoms with Crippen LogP contribution in [-0.2, 0) is 0 Å². The number of carbonyl (C=O) groups excluding carboxylic acids is 2. The second kappa shape index (κ2) is 9.90. The molecule has 0 atom stereocenters. The van der Waals surface area contributed by atoms with Crippen LogP contribution in [0.25, 0.3) is 11.0 Å². The number of hydrogen-bond acceptors (Lipinski definition) is 9. The predicted octanol–water partition coefficient (Wildman–Crippen LogP) is 5.36. The van der Waals surface area contributed by atoms with Gasteiger partial charge < -0.3 is 4.42 Å². The normalized spacial score (nSPS) is 11.0. The molecule has 156 valence electrons. The quantitative estimate of drug-likeness (QED) is 0.170. The number of fused-ring (bicyclic) bond motifs is 1. The van der Waals surface area contributed by atoms with Gasteiger partial charge in [0.25, 0.3) is 0 Å². The first-order valence-electron chi connectivity index (χ1n) is 8.93. The van der Waals surface area contributed by atoms with Crippen LogP contribution in [0.5, 0.6) is 0 Å². The van der Waals surface area contributed by atoms with E-state index in [0.717, 1.165) is 4.47 Å². The molecular formula is C21H13BrN2O4S3. The van der Waals surface area contributed by atoms with Crippen LogP contribution in [0.1, 0.15) is 20.7 Å². The van der Waals surface area contributed by atoms with E-state index in [9.17, 15) is 14.4 Å². The number of hydrogen-bond donors (Lipinski definition) is 0. The van der Waals surface area contributed by atoms with Gasteiger partial charge in [0.2, 0.25) is 0 Å². The number of ketones is 2. The maximum Gasteiger partial charge on any atom is 0.347 e. The van der Waals surface area contributed by atoms with Crippen molar-refractivity contribution in [2.75, 3.05) is 11.5 Å². The highest BCUT2D eigenvalue weighted by Gasteiger charge is 2.16. The van der Waals surface area contributed by atoms with Crippen LogP contribution in [0.15, 0.2) is 77.0 Å². The summed E-state index contributed by atoms with van der Waals surface area (Å²) < 4.78 is 7.37. The van der Waals surface area contributed by atoms with E-state index in [4.69, 9.17) is 4.42 Å². The van der Waals surface area contributed by atoms with Crippen LogP contribution in [0.3, 0.4) is 0 Å². The van der Waals surface area contributed by atoms with Crippen LogP contribution in [-0.4, -0.2) is 33.3 Å². The third-order valence-corrected chi connectivity index (χ3v) is 7.87. The van der Waals surface area contributed by atoms with Gasteiger partial charge >= 0.3 is 5.63 Å². The Balaban J connectivity index is 1.34. The Bertz CT molecular complexity index is 1320. The summed E-state index contributed by atoms with van der Waals surface area (Å²) in [5.41, 5.74) is 0.449. The second-order valence-corrected chi connectivity index (χ2v) is 10.6. The Morgan fingerprint density at radius 3 is 2.29 bits per heavy atom. The molecule has 0 aliphatic heterocycles. The van der Waals surface area contributed by atoms with E-state index in [-0.39, 0.29) is 28.6 Å². The molecule has 0 aliphatic rings. The first-order valence-corrected chi connectivity index (χ1v) is 12.5. The largest absolute Gasteiger partial charge is 0.422 e. The van der Waals surface area contributed by atoms with E-state index in [1.165, 1.54) is 34.9 Å². The maximum atomic E-state index is 12.5. The Labute approximate surface area is 197 Å². The lowest BCUT2D eigenvalue weighted by Crippen LogP contribution is -2.15. The smallest absolute Gasteiger partial charge is 0.347 e. The predicted molar refractivity (Wildman–Crippen MR) is 127 cm³/mol. The molecule has 0 spiro atoms. The molecular weight excluding hydrogens is 520 g/mol. The molecule has 6 nitrogen and oxygen atoms in total. The van der Waals surface area contributed by atoms with Gasteiger partial charge in [-0.3, -0.25) is 9.59 Å². The fourth-order valence-electron chi connectivity index (χ4n) is 2.62. The van der Waals surface area contributed by atoms with E-state index < -0.39 is 5.63 Å². The van der Waals surface area contributed by atoms with Gasteiger partial charge in [-0.2, -0.15) is 0 Å². The van der Waals surface area contributed by atoms with Crippen molar-refractivity contribution in [2.24, 2.45) is 0 Å².